The molecule has 0 saturated heterocycles. The van der Waals surface area contributed by atoms with Gasteiger partial charge in [0.2, 0.25) is 0 Å². The Balaban J connectivity index is 4.08. The van der Waals surface area contributed by atoms with Crippen molar-refractivity contribution in [1.29, 1.82) is 0 Å². The Morgan fingerprint density at radius 2 is 2.36 bits per heavy atom. The molecular formula is C7H16N4. The Kier molecular flexibility index (Phi) is 5.37. The van der Waals surface area contributed by atoms with E-state index in [1.807, 2.05) is 0 Å². The van der Waals surface area contributed by atoms with Gasteiger partial charge in [0.15, 0.2) is 0 Å². The smallest absolute Gasteiger partial charge is 0.121 e. The number of nitrogens with one attached hydrogen (secondary N) is 1. The van der Waals surface area contributed by atoms with Crippen LogP contribution in [0.25, 0.3) is 0 Å². The molecule has 3 N–H and O–H groups in total. The number of nitrogens with two attached hydrogens (primary N) is 1. The summed E-state index contributed by atoms with van der Waals surface area (Å²) >= 11 is 0. The van der Waals surface area contributed by atoms with Crippen LogP contribution in [0, 0.1) is 5.92 Å². The molecule has 0 bridgehead atoms. The van der Waals surface area contributed by atoms with Gasteiger partial charge >= 0.3 is 0 Å². The molecule has 0 amide bonds. The summed E-state index contributed by atoms with van der Waals surface area (Å²) in [6, 6.07) is 0. The van der Waals surface area contributed by atoms with Crippen LogP contribution in [0.4, 0.5) is 0 Å². The molecule has 0 rings (SSSR count). The third-order valence-corrected chi connectivity index (χ3v) is 1.53. The molecule has 0 aromatic heterocycles. The Morgan fingerprint density at radius 1 is 1.73 bits per heavy atom. The molecule has 0 aliphatic heterocycles. The largest absolute Gasteiger partial charge is 0.312 e. The minimum Gasteiger partial charge on any atom is -0.312 e. The Morgan fingerprint density at radius 3 is 2.73 bits per heavy atom. The van der Waals surface area contributed by atoms with E-state index in [4.69, 9.17) is 5.73 Å². The normalized spacial score (nSPS) is 14.3. The van der Waals surface area contributed by atoms with Gasteiger partial charge in [0, 0.05) is 12.6 Å². The monoisotopic (exact) mass is 156 g/mol. The van der Waals surface area contributed by atoms with E-state index in [1.54, 1.807) is 0 Å². The van der Waals surface area contributed by atoms with Crippen LogP contribution >= 0.6 is 0 Å². The predicted octanol–water partition coefficient (Wildman–Crippen LogP) is 0.552. The van der Waals surface area contributed by atoms with Gasteiger partial charge < -0.3 is 5.73 Å². The van der Waals surface area contributed by atoms with Crippen LogP contribution in [0.1, 0.15) is 20.3 Å². The van der Waals surface area contributed by atoms with Gasteiger partial charge in [-0.2, -0.15) is 5.10 Å². The van der Waals surface area contributed by atoms with Crippen molar-refractivity contribution >= 4 is 12.6 Å². The fraction of sp³-hybridized carbons (Fsp3) is 0.714. The first kappa shape index (κ1) is 10.1. The third kappa shape index (κ3) is 3.72. The molecule has 4 nitrogen and oxygen atoms in total. The molecule has 1 atom stereocenters. The highest BCUT2D eigenvalue weighted by atomic mass is 15.3. The molecule has 1 unspecified atom stereocenters. The van der Waals surface area contributed by atoms with Crippen molar-refractivity contribution in [1.82, 2.24) is 5.43 Å². The van der Waals surface area contributed by atoms with Crippen molar-refractivity contribution in [2.24, 2.45) is 21.7 Å². The molecule has 0 spiro atoms. The van der Waals surface area contributed by atoms with Crippen molar-refractivity contribution in [2.45, 2.75) is 20.3 Å². The number of hydrogen-bond donors (Lipinski definition) is 2. The quantitative estimate of drug-likeness (QED) is 0.355. The maximum atomic E-state index is 5.26. The molecule has 4 heteroatoms. The summed E-state index contributed by atoms with van der Waals surface area (Å²) < 4.78 is 0. The van der Waals surface area contributed by atoms with Crippen LogP contribution in [0.2, 0.25) is 0 Å². The summed E-state index contributed by atoms with van der Waals surface area (Å²) in [4.78, 5) is 4.03. The van der Waals surface area contributed by atoms with Gasteiger partial charge in [0.25, 0.3) is 0 Å². The molecule has 0 aliphatic rings. The molecule has 64 valence electrons. The van der Waals surface area contributed by atoms with Crippen molar-refractivity contribution < 1.29 is 0 Å². The Hall–Kier alpha value is -0.900. The zero-order valence-electron chi connectivity index (χ0n) is 7.17. The highest BCUT2D eigenvalue weighted by Crippen LogP contribution is 2.01. The number of rotatable bonds is 4. The summed E-state index contributed by atoms with van der Waals surface area (Å²) in [6.07, 6.45) is 1.02. The number of nitrogens with zero attached hydrogens (tertiary/aromatic N) is 2. The lowest BCUT2D eigenvalue weighted by molar-refractivity contribution is 0.701. The summed E-state index contributed by atoms with van der Waals surface area (Å²) in [5.74, 6) is 1.18. The standard InChI is InChI=1S/C7H16N4/c1-4-6(2)7(10-5-8)11-9-3/h6H,3-5,8H2,1-2H3,(H,10,11). The first-order valence-electron chi connectivity index (χ1n) is 3.72. The lowest BCUT2D eigenvalue weighted by Crippen LogP contribution is -2.25. The zero-order chi connectivity index (χ0) is 8.69. The van der Waals surface area contributed by atoms with Crippen molar-refractivity contribution in [3.8, 4) is 0 Å². The number of aliphatic imine (C=N–C) groups is 1. The predicted molar refractivity (Wildman–Crippen MR) is 48.6 cm³/mol. The average molecular weight is 156 g/mol. The van der Waals surface area contributed by atoms with E-state index in [-0.39, 0.29) is 0 Å². The lowest BCUT2D eigenvalue weighted by Gasteiger charge is -2.10. The molecule has 0 saturated carbocycles. The molecule has 0 radical (unpaired) electrons. The van der Waals surface area contributed by atoms with Gasteiger partial charge in [-0.1, -0.05) is 13.8 Å². The van der Waals surface area contributed by atoms with Crippen molar-refractivity contribution in [3.63, 3.8) is 0 Å². The van der Waals surface area contributed by atoms with Gasteiger partial charge in [0.1, 0.15) is 5.84 Å². The SMILES string of the molecule is C=NN/C(=N\CN)C(C)CC. The third-order valence-electron chi connectivity index (χ3n) is 1.53. The second kappa shape index (κ2) is 5.85. The number of hydrazone groups is 1. The maximum absolute atomic E-state index is 5.26. The lowest BCUT2D eigenvalue weighted by atomic mass is 10.1. The van der Waals surface area contributed by atoms with Crippen molar-refractivity contribution in [3.05, 3.63) is 0 Å². The van der Waals surface area contributed by atoms with Crippen LogP contribution in [-0.4, -0.2) is 19.2 Å². The molecule has 0 aromatic carbocycles. The fourth-order valence-corrected chi connectivity index (χ4v) is 0.674. The van der Waals surface area contributed by atoms with E-state index in [0.29, 0.717) is 12.6 Å². The molecule has 0 fully saturated rings. The molecule has 0 aromatic rings. The highest BCUT2D eigenvalue weighted by Gasteiger charge is 2.05. The van der Waals surface area contributed by atoms with Crippen LogP contribution in [0.15, 0.2) is 10.1 Å². The van der Waals surface area contributed by atoms with Crippen molar-refractivity contribution in [2.75, 3.05) is 6.67 Å². The summed E-state index contributed by atoms with van der Waals surface area (Å²) in [7, 11) is 0. The highest BCUT2D eigenvalue weighted by molar-refractivity contribution is 5.84. The van der Waals surface area contributed by atoms with E-state index >= 15 is 0 Å². The number of amidine groups is 1. The van der Waals surface area contributed by atoms with Gasteiger partial charge in [-0.25, -0.2) is 0 Å². The van der Waals surface area contributed by atoms with Gasteiger partial charge in [-0.05, 0) is 6.42 Å². The molecule has 0 heterocycles. The second-order valence-electron chi connectivity index (χ2n) is 2.31. The average Bonchev–Trinajstić information content (AvgIpc) is 2.03. The topological polar surface area (TPSA) is 62.8 Å². The first-order chi connectivity index (χ1) is 5.26. The van der Waals surface area contributed by atoms with E-state index in [0.717, 1.165) is 12.3 Å². The Bertz CT molecular complexity index is 141. The van der Waals surface area contributed by atoms with E-state index in [9.17, 15) is 0 Å². The summed E-state index contributed by atoms with van der Waals surface area (Å²) in [5, 5.41) is 3.54. The maximum Gasteiger partial charge on any atom is 0.121 e. The van der Waals surface area contributed by atoms with E-state index in [1.165, 1.54) is 0 Å². The zero-order valence-corrected chi connectivity index (χ0v) is 7.17. The van der Waals surface area contributed by atoms with Gasteiger partial charge in [0.05, 0.1) is 6.67 Å². The van der Waals surface area contributed by atoms with Gasteiger partial charge in [-0.15, -0.1) is 0 Å². The van der Waals surface area contributed by atoms with Crippen LogP contribution in [-0.2, 0) is 0 Å². The second-order valence-corrected chi connectivity index (χ2v) is 2.31. The van der Waals surface area contributed by atoms with Crippen LogP contribution < -0.4 is 11.2 Å². The minimum absolute atomic E-state index is 0.294. The number of hydrogen-bond acceptors (Lipinski definition) is 3. The van der Waals surface area contributed by atoms with E-state index in [2.05, 4.69) is 36.1 Å². The summed E-state index contributed by atoms with van der Waals surface area (Å²) in [6.45, 7) is 7.76. The van der Waals surface area contributed by atoms with Crippen LogP contribution in [0.3, 0.4) is 0 Å². The van der Waals surface area contributed by atoms with Crippen LogP contribution in [0.5, 0.6) is 0 Å². The van der Waals surface area contributed by atoms with Gasteiger partial charge in [-0.3, -0.25) is 10.4 Å². The fourth-order valence-electron chi connectivity index (χ4n) is 0.674. The Labute approximate surface area is 67.6 Å². The first-order valence-corrected chi connectivity index (χ1v) is 3.72. The molecular weight excluding hydrogens is 140 g/mol. The minimum atomic E-state index is 0.294. The summed E-state index contributed by atoms with van der Waals surface area (Å²) in [5.41, 5.74) is 7.98. The molecule has 0 aliphatic carbocycles. The molecule has 11 heavy (non-hydrogen) atoms. The van der Waals surface area contributed by atoms with E-state index < -0.39 is 0 Å².